The molecule has 0 radical (unpaired) electrons. The SMILES string of the molecule is CCNC(C)SCCN. The van der Waals surface area contributed by atoms with E-state index in [1.165, 1.54) is 0 Å². The summed E-state index contributed by atoms with van der Waals surface area (Å²) < 4.78 is 0. The number of nitrogens with one attached hydrogen (secondary N) is 1. The maximum Gasteiger partial charge on any atom is 0.0503 e. The fraction of sp³-hybridized carbons (Fsp3) is 1.00. The van der Waals surface area contributed by atoms with Crippen LogP contribution in [0.2, 0.25) is 0 Å². The molecule has 3 heteroatoms. The maximum atomic E-state index is 5.32. The zero-order valence-electron chi connectivity index (χ0n) is 6.18. The molecule has 0 spiro atoms. The topological polar surface area (TPSA) is 38.0 Å². The highest BCUT2D eigenvalue weighted by molar-refractivity contribution is 7.99. The van der Waals surface area contributed by atoms with Gasteiger partial charge in [-0.1, -0.05) is 6.92 Å². The summed E-state index contributed by atoms with van der Waals surface area (Å²) in [4.78, 5) is 0. The zero-order valence-corrected chi connectivity index (χ0v) is 7.00. The molecule has 0 aliphatic heterocycles. The van der Waals surface area contributed by atoms with Gasteiger partial charge >= 0.3 is 0 Å². The van der Waals surface area contributed by atoms with E-state index in [1.54, 1.807) is 0 Å². The molecule has 0 heterocycles. The van der Waals surface area contributed by atoms with Gasteiger partial charge in [0, 0.05) is 12.3 Å². The van der Waals surface area contributed by atoms with Crippen LogP contribution >= 0.6 is 11.8 Å². The molecular weight excluding hydrogens is 132 g/mol. The van der Waals surface area contributed by atoms with Crippen molar-refractivity contribution in [1.82, 2.24) is 5.32 Å². The molecule has 3 N–H and O–H groups in total. The van der Waals surface area contributed by atoms with Gasteiger partial charge in [0.15, 0.2) is 0 Å². The second-order valence-electron chi connectivity index (χ2n) is 1.86. The lowest BCUT2D eigenvalue weighted by atomic mass is 10.7. The lowest BCUT2D eigenvalue weighted by Crippen LogP contribution is -2.23. The van der Waals surface area contributed by atoms with Gasteiger partial charge in [-0.25, -0.2) is 0 Å². The van der Waals surface area contributed by atoms with Gasteiger partial charge in [0.1, 0.15) is 0 Å². The fourth-order valence-corrected chi connectivity index (χ4v) is 1.37. The van der Waals surface area contributed by atoms with Gasteiger partial charge in [0.2, 0.25) is 0 Å². The zero-order chi connectivity index (χ0) is 7.11. The number of rotatable bonds is 5. The highest BCUT2D eigenvalue weighted by atomic mass is 32.2. The molecule has 9 heavy (non-hydrogen) atoms. The van der Waals surface area contributed by atoms with Crippen LogP contribution in [0.25, 0.3) is 0 Å². The van der Waals surface area contributed by atoms with Crippen molar-refractivity contribution >= 4 is 11.8 Å². The molecule has 56 valence electrons. The normalized spacial score (nSPS) is 13.7. The summed E-state index contributed by atoms with van der Waals surface area (Å²) in [5, 5.41) is 3.84. The first-order chi connectivity index (χ1) is 4.31. The van der Waals surface area contributed by atoms with E-state index in [2.05, 4.69) is 19.2 Å². The minimum Gasteiger partial charge on any atom is -0.330 e. The maximum absolute atomic E-state index is 5.32. The smallest absolute Gasteiger partial charge is 0.0503 e. The van der Waals surface area contributed by atoms with E-state index in [4.69, 9.17) is 5.73 Å². The molecule has 1 unspecified atom stereocenters. The quantitative estimate of drug-likeness (QED) is 0.562. The Hall–Kier alpha value is 0.270. The number of thioether (sulfide) groups is 1. The van der Waals surface area contributed by atoms with Crippen molar-refractivity contribution in [2.24, 2.45) is 5.73 Å². The predicted molar refractivity (Wildman–Crippen MR) is 44.7 cm³/mol. The second kappa shape index (κ2) is 6.39. The van der Waals surface area contributed by atoms with Crippen molar-refractivity contribution in [3.8, 4) is 0 Å². The Morgan fingerprint density at radius 3 is 2.78 bits per heavy atom. The molecule has 0 bridgehead atoms. The van der Waals surface area contributed by atoms with Crippen molar-refractivity contribution in [2.75, 3.05) is 18.8 Å². The Labute approximate surface area is 61.6 Å². The largest absolute Gasteiger partial charge is 0.330 e. The van der Waals surface area contributed by atoms with E-state index >= 15 is 0 Å². The summed E-state index contributed by atoms with van der Waals surface area (Å²) in [6.45, 7) is 6.09. The molecule has 0 aliphatic carbocycles. The molecule has 0 aromatic rings. The molecule has 0 aromatic heterocycles. The highest BCUT2D eigenvalue weighted by Gasteiger charge is 1.96. The third kappa shape index (κ3) is 6.15. The Morgan fingerprint density at radius 2 is 2.33 bits per heavy atom. The van der Waals surface area contributed by atoms with Crippen molar-refractivity contribution in [3.63, 3.8) is 0 Å². The van der Waals surface area contributed by atoms with Crippen LogP contribution in [0.3, 0.4) is 0 Å². The van der Waals surface area contributed by atoms with E-state index in [9.17, 15) is 0 Å². The van der Waals surface area contributed by atoms with Crippen LogP contribution in [0, 0.1) is 0 Å². The van der Waals surface area contributed by atoms with E-state index in [0.29, 0.717) is 5.37 Å². The Kier molecular flexibility index (Phi) is 6.58. The summed E-state index contributed by atoms with van der Waals surface area (Å²) in [5.74, 6) is 1.05. The lowest BCUT2D eigenvalue weighted by Gasteiger charge is -2.09. The Balaban J connectivity index is 2.95. The minimum absolute atomic E-state index is 0.554. The van der Waals surface area contributed by atoms with E-state index < -0.39 is 0 Å². The summed E-state index contributed by atoms with van der Waals surface area (Å²) in [6, 6.07) is 0. The molecule has 0 amide bonds. The van der Waals surface area contributed by atoms with Crippen LogP contribution in [-0.4, -0.2) is 24.2 Å². The molecule has 0 aliphatic rings. The van der Waals surface area contributed by atoms with Gasteiger partial charge < -0.3 is 11.1 Å². The van der Waals surface area contributed by atoms with Gasteiger partial charge in [0.05, 0.1) is 5.37 Å². The number of hydrogen-bond donors (Lipinski definition) is 2. The molecular formula is C6H16N2S. The first-order valence-corrected chi connectivity index (χ1v) is 4.41. The molecule has 0 saturated heterocycles. The van der Waals surface area contributed by atoms with Crippen molar-refractivity contribution in [1.29, 1.82) is 0 Å². The summed E-state index contributed by atoms with van der Waals surface area (Å²) in [5.41, 5.74) is 5.32. The van der Waals surface area contributed by atoms with Gasteiger partial charge in [-0.3, -0.25) is 0 Å². The van der Waals surface area contributed by atoms with Gasteiger partial charge in [-0.05, 0) is 13.5 Å². The summed E-state index contributed by atoms with van der Waals surface area (Å²) >= 11 is 1.86. The third-order valence-corrected chi connectivity index (χ3v) is 2.12. The van der Waals surface area contributed by atoms with Crippen molar-refractivity contribution < 1.29 is 0 Å². The Morgan fingerprint density at radius 1 is 1.67 bits per heavy atom. The van der Waals surface area contributed by atoms with Crippen LogP contribution in [0.5, 0.6) is 0 Å². The molecule has 0 saturated carbocycles. The third-order valence-electron chi connectivity index (χ3n) is 0.977. The van der Waals surface area contributed by atoms with Crippen LogP contribution in [0.4, 0.5) is 0 Å². The Bertz CT molecular complexity index is 59.0. The molecule has 0 rings (SSSR count). The average Bonchev–Trinajstić information content (AvgIpc) is 1.85. The molecule has 1 atom stereocenters. The first-order valence-electron chi connectivity index (χ1n) is 3.36. The number of nitrogens with two attached hydrogens (primary N) is 1. The predicted octanol–water partition coefficient (Wildman–Crippen LogP) is 0.634. The molecule has 2 nitrogen and oxygen atoms in total. The molecule has 0 fully saturated rings. The fourth-order valence-electron chi connectivity index (χ4n) is 0.591. The standard InChI is InChI=1S/C6H16N2S/c1-3-8-6(2)9-5-4-7/h6,8H,3-5,7H2,1-2H3. The minimum atomic E-state index is 0.554. The summed E-state index contributed by atoms with van der Waals surface area (Å²) in [7, 11) is 0. The van der Waals surface area contributed by atoms with Gasteiger partial charge in [-0.15, -0.1) is 11.8 Å². The van der Waals surface area contributed by atoms with E-state index in [-0.39, 0.29) is 0 Å². The van der Waals surface area contributed by atoms with Crippen LogP contribution in [0.15, 0.2) is 0 Å². The first kappa shape index (κ1) is 9.27. The van der Waals surface area contributed by atoms with Crippen LogP contribution in [0.1, 0.15) is 13.8 Å². The average molecular weight is 148 g/mol. The van der Waals surface area contributed by atoms with Crippen molar-refractivity contribution in [3.05, 3.63) is 0 Å². The van der Waals surface area contributed by atoms with Crippen LogP contribution in [-0.2, 0) is 0 Å². The van der Waals surface area contributed by atoms with E-state index in [1.807, 2.05) is 11.8 Å². The van der Waals surface area contributed by atoms with Crippen LogP contribution < -0.4 is 11.1 Å². The van der Waals surface area contributed by atoms with Crippen molar-refractivity contribution in [2.45, 2.75) is 19.2 Å². The van der Waals surface area contributed by atoms with Gasteiger partial charge in [0.25, 0.3) is 0 Å². The lowest BCUT2D eigenvalue weighted by molar-refractivity contribution is 0.719. The van der Waals surface area contributed by atoms with E-state index in [0.717, 1.165) is 18.8 Å². The highest BCUT2D eigenvalue weighted by Crippen LogP contribution is 2.04. The monoisotopic (exact) mass is 148 g/mol. The second-order valence-corrected chi connectivity index (χ2v) is 3.31. The number of hydrogen-bond acceptors (Lipinski definition) is 3. The van der Waals surface area contributed by atoms with Gasteiger partial charge in [-0.2, -0.15) is 0 Å². The summed E-state index contributed by atoms with van der Waals surface area (Å²) in [6.07, 6.45) is 0. The molecule has 0 aromatic carbocycles.